The molecule has 0 fully saturated rings. The van der Waals surface area contributed by atoms with Gasteiger partial charge in [0.05, 0.1) is 0 Å². The molecule has 0 nitrogen and oxygen atoms in total. The van der Waals surface area contributed by atoms with Crippen molar-refractivity contribution < 1.29 is 51.0 Å². The summed E-state index contributed by atoms with van der Waals surface area (Å²) in [5.74, 6) is 0.526. The molecule has 2 aromatic carbocycles. The van der Waals surface area contributed by atoms with E-state index >= 15 is 0 Å². The molecule has 1 unspecified atom stereocenters. The van der Waals surface area contributed by atoms with E-state index in [4.69, 9.17) is 0 Å². The van der Waals surface area contributed by atoms with E-state index in [1.165, 1.54) is 40.7 Å². The summed E-state index contributed by atoms with van der Waals surface area (Å²) in [6.45, 7) is 0. The molecule has 0 saturated heterocycles. The SMILES string of the molecule is [C-]1=C(C2(C3C=CCC3)c3ccccc3-c3ccccc32)C=CC1.[Cl-].[Cl-].[Zr+3]. The molecule has 0 amide bonds. The van der Waals surface area contributed by atoms with Gasteiger partial charge in [-0.15, -0.1) is 6.42 Å². The molecule has 0 heterocycles. The zero-order valence-corrected chi connectivity index (χ0v) is 18.4. The van der Waals surface area contributed by atoms with Crippen LogP contribution < -0.4 is 24.8 Å². The van der Waals surface area contributed by atoms with Crippen LogP contribution in [0.15, 0.2) is 78.4 Å². The van der Waals surface area contributed by atoms with Crippen LogP contribution in [0.3, 0.4) is 0 Å². The zero-order chi connectivity index (χ0) is 15.3. The van der Waals surface area contributed by atoms with Crippen LogP contribution in [0.25, 0.3) is 11.1 Å². The Hall–Kier alpha value is -0.877. The molecule has 1 atom stereocenters. The van der Waals surface area contributed by atoms with Crippen LogP contribution in [0.4, 0.5) is 0 Å². The summed E-state index contributed by atoms with van der Waals surface area (Å²) in [6.07, 6.45) is 16.4. The molecule has 2 aromatic rings. The molecule has 1 radical (unpaired) electrons. The topological polar surface area (TPSA) is 0 Å². The Balaban J connectivity index is 0.000000810. The van der Waals surface area contributed by atoms with E-state index in [0.717, 1.165) is 6.42 Å². The van der Waals surface area contributed by atoms with Gasteiger partial charge in [0.15, 0.2) is 0 Å². The monoisotopic (exact) mass is 455 g/mol. The predicted octanol–water partition coefficient (Wildman–Crippen LogP) is -0.386. The summed E-state index contributed by atoms with van der Waals surface area (Å²) in [4.78, 5) is 0. The number of benzene rings is 2. The van der Waals surface area contributed by atoms with E-state index in [1.807, 2.05) is 0 Å². The summed E-state index contributed by atoms with van der Waals surface area (Å²) in [5.41, 5.74) is 7.05. The first-order valence-corrected chi connectivity index (χ1v) is 8.56. The zero-order valence-electron chi connectivity index (χ0n) is 14.4. The Labute approximate surface area is 187 Å². The van der Waals surface area contributed by atoms with E-state index < -0.39 is 0 Å². The molecular formula is C23H19Cl2Zr. The molecule has 26 heavy (non-hydrogen) atoms. The van der Waals surface area contributed by atoms with E-state index in [9.17, 15) is 0 Å². The van der Waals surface area contributed by atoms with Crippen LogP contribution in [-0.2, 0) is 31.6 Å². The Bertz CT molecular complexity index is 834. The van der Waals surface area contributed by atoms with Crippen molar-refractivity contribution in [1.29, 1.82) is 0 Å². The second-order valence-corrected chi connectivity index (χ2v) is 6.71. The Morgan fingerprint density at radius 1 is 0.846 bits per heavy atom. The third-order valence-electron chi connectivity index (χ3n) is 5.68. The molecule has 0 spiro atoms. The molecule has 5 rings (SSSR count). The van der Waals surface area contributed by atoms with Gasteiger partial charge in [0.25, 0.3) is 0 Å². The van der Waals surface area contributed by atoms with Gasteiger partial charge in [0.2, 0.25) is 0 Å². The largest absolute Gasteiger partial charge is 3.00 e. The fraction of sp³-hybridized carbons (Fsp3) is 0.217. The van der Waals surface area contributed by atoms with E-state index in [0.29, 0.717) is 5.92 Å². The average Bonchev–Trinajstić information content (AvgIpc) is 3.34. The van der Waals surface area contributed by atoms with Crippen molar-refractivity contribution in [2.75, 3.05) is 0 Å². The fourth-order valence-electron chi connectivity index (χ4n) is 4.83. The van der Waals surface area contributed by atoms with Gasteiger partial charge in [0.1, 0.15) is 0 Å². The second-order valence-electron chi connectivity index (χ2n) is 6.71. The Morgan fingerprint density at radius 3 is 1.96 bits per heavy atom. The number of hydrogen-bond acceptors (Lipinski definition) is 0. The van der Waals surface area contributed by atoms with Crippen molar-refractivity contribution in [2.45, 2.75) is 24.7 Å². The van der Waals surface area contributed by atoms with Gasteiger partial charge in [-0.3, -0.25) is 6.08 Å². The summed E-state index contributed by atoms with van der Waals surface area (Å²) >= 11 is 0. The van der Waals surface area contributed by atoms with E-state index in [1.54, 1.807) is 0 Å². The number of hydrogen-bond donors (Lipinski definition) is 0. The summed E-state index contributed by atoms with van der Waals surface area (Å²) in [7, 11) is 0. The molecule has 3 aliphatic carbocycles. The first kappa shape index (κ1) is 21.4. The van der Waals surface area contributed by atoms with Crippen LogP contribution in [0.2, 0.25) is 0 Å². The molecular weight excluding hydrogens is 438 g/mol. The van der Waals surface area contributed by atoms with Gasteiger partial charge in [-0.05, 0) is 41.0 Å². The number of rotatable bonds is 2. The molecule has 3 aliphatic rings. The molecule has 0 bridgehead atoms. The van der Waals surface area contributed by atoms with Crippen molar-refractivity contribution in [1.82, 2.24) is 0 Å². The Morgan fingerprint density at radius 2 is 1.46 bits per heavy atom. The maximum Gasteiger partial charge on any atom is 3.00 e. The van der Waals surface area contributed by atoms with Gasteiger partial charge < -0.3 is 24.8 Å². The van der Waals surface area contributed by atoms with Crippen LogP contribution >= 0.6 is 0 Å². The molecule has 129 valence electrons. The van der Waals surface area contributed by atoms with Gasteiger partial charge in [-0.25, -0.2) is 11.6 Å². The van der Waals surface area contributed by atoms with Crippen molar-refractivity contribution in [3.05, 3.63) is 95.6 Å². The Kier molecular flexibility index (Phi) is 6.94. The molecule has 0 aromatic heterocycles. The summed E-state index contributed by atoms with van der Waals surface area (Å²) in [6, 6.07) is 18.0. The van der Waals surface area contributed by atoms with E-state index in [2.05, 4.69) is 78.9 Å². The molecule has 0 N–H and O–H groups in total. The predicted molar refractivity (Wildman–Crippen MR) is 95.0 cm³/mol. The van der Waals surface area contributed by atoms with Crippen molar-refractivity contribution in [3.63, 3.8) is 0 Å². The molecule has 3 heteroatoms. The van der Waals surface area contributed by atoms with Crippen LogP contribution in [0.5, 0.6) is 0 Å². The smallest absolute Gasteiger partial charge is 1.00 e. The van der Waals surface area contributed by atoms with Crippen molar-refractivity contribution in [3.8, 4) is 11.1 Å². The van der Waals surface area contributed by atoms with Gasteiger partial charge in [-0.1, -0.05) is 60.7 Å². The van der Waals surface area contributed by atoms with Gasteiger partial charge in [-0.2, -0.15) is 6.08 Å². The van der Waals surface area contributed by atoms with Crippen molar-refractivity contribution in [2.24, 2.45) is 5.92 Å². The number of allylic oxidation sites excluding steroid dienone is 6. The summed E-state index contributed by atoms with van der Waals surface area (Å²) in [5, 5.41) is 0. The minimum Gasteiger partial charge on any atom is -1.00 e. The number of fused-ring (bicyclic) bond motifs is 3. The molecule has 0 saturated carbocycles. The fourth-order valence-corrected chi connectivity index (χ4v) is 4.83. The quantitative estimate of drug-likeness (QED) is 0.426. The second kappa shape index (κ2) is 8.43. The van der Waals surface area contributed by atoms with Crippen molar-refractivity contribution >= 4 is 0 Å². The standard InChI is InChI=1S/C23H19.2ClH.Zr/c1-2-10-17(9-1)23(18-11-3-4-12-18)21-15-7-5-13-19(21)20-14-6-8-16-22(20)23;;;/h1,3,5-9,11,13-17H,2,4,10H2;2*1H;/q-1;;;+3/p-2. The van der Waals surface area contributed by atoms with Crippen LogP contribution in [-0.4, -0.2) is 0 Å². The van der Waals surface area contributed by atoms with E-state index in [-0.39, 0.29) is 56.4 Å². The van der Waals surface area contributed by atoms with Crippen LogP contribution in [0.1, 0.15) is 30.4 Å². The van der Waals surface area contributed by atoms with Gasteiger partial charge >= 0.3 is 26.2 Å². The maximum absolute atomic E-state index is 3.67. The minimum absolute atomic E-state index is 0. The first-order valence-electron chi connectivity index (χ1n) is 8.56. The summed E-state index contributed by atoms with van der Waals surface area (Å²) < 4.78 is 0. The maximum atomic E-state index is 3.67. The third-order valence-corrected chi connectivity index (χ3v) is 5.68. The average molecular weight is 458 g/mol. The first-order chi connectivity index (χ1) is 11.4. The minimum atomic E-state index is -0.0484. The van der Waals surface area contributed by atoms with Gasteiger partial charge in [0, 0.05) is 5.41 Å². The third kappa shape index (κ3) is 2.84. The number of halogens is 2. The molecule has 0 aliphatic heterocycles. The normalized spacial score (nSPS) is 20.3. The van der Waals surface area contributed by atoms with Crippen LogP contribution in [0, 0.1) is 12.0 Å².